The van der Waals surface area contributed by atoms with Gasteiger partial charge in [-0.15, -0.1) is 0 Å². The molecule has 1 fully saturated rings. The molecule has 0 N–H and O–H groups in total. The van der Waals surface area contributed by atoms with Gasteiger partial charge in [-0.25, -0.2) is 9.37 Å². The molecule has 0 bridgehead atoms. The van der Waals surface area contributed by atoms with Gasteiger partial charge in [0.1, 0.15) is 17.1 Å². The number of nitrogens with zero attached hydrogens (tertiary/aromatic N) is 3. The number of anilines is 1. The van der Waals surface area contributed by atoms with Crippen molar-refractivity contribution in [2.75, 3.05) is 31.1 Å². The van der Waals surface area contributed by atoms with Crippen LogP contribution < -0.4 is 9.64 Å². The number of amides is 1. The van der Waals surface area contributed by atoms with Crippen molar-refractivity contribution in [1.82, 2.24) is 9.88 Å². The van der Waals surface area contributed by atoms with Gasteiger partial charge >= 0.3 is 0 Å². The minimum absolute atomic E-state index is 0.0672. The molecule has 0 saturated carbocycles. The summed E-state index contributed by atoms with van der Waals surface area (Å²) in [5.41, 5.74) is -0.585. The highest BCUT2D eigenvalue weighted by Gasteiger charge is 2.36. The fourth-order valence-corrected chi connectivity index (χ4v) is 4.52. The van der Waals surface area contributed by atoms with Gasteiger partial charge in [-0.1, -0.05) is 29.0 Å². The Kier molecular flexibility index (Phi) is 5.36. The molecular weight excluding hydrogens is 413 g/mol. The monoisotopic (exact) mass is 433 g/mol. The second kappa shape index (κ2) is 7.80. The Bertz CT molecular complexity index is 1030. The van der Waals surface area contributed by atoms with E-state index in [4.69, 9.17) is 16.3 Å². The van der Waals surface area contributed by atoms with Gasteiger partial charge in [0.05, 0.1) is 4.70 Å². The van der Waals surface area contributed by atoms with E-state index in [1.807, 2.05) is 6.07 Å². The maximum absolute atomic E-state index is 13.9. The number of para-hydroxylation sites is 1. The van der Waals surface area contributed by atoms with Crippen molar-refractivity contribution in [3.63, 3.8) is 0 Å². The number of rotatable bonds is 4. The lowest BCUT2D eigenvalue weighted by Crippen LogP contribution is -2.55. The highest BCUT2D eigenvalue weighted by atomic mass is 35.5. The molecule has 29 heavy (non-hydrogen) atoms. The van der Waals surface area contributed by atoms with Crippen LogP contribution in [0.2, 0.25) is 5.02 Å². The summed E-state index contributed by atoms with van der Waals surface area (Å²) in [6.45, 7) is 5.95. The zero-order valence-corrected chi connectivity index (χ0v) is 17.8. The molecule has 152 valence electrons. The fourth-order valence-electron chi connectivity index (χ4n) is 3.36. The summed E-state index contributed by atoms with van der Waals surface area (Å²) < 4.78 is 20.7. The molecule has 0 radical (unpaired) electrons. The molecule has 1 aliphatic rings. The SMILES string of the molecule is CC(C)(Oc1ccc(Cl)cc1)C(=O)N1CCN(c2nc3c(F)cccc3s2)CC1. The number of hydrogen-bond acceptors (Lipinski definition) is 5. The van der Waals surface area contributed by atoms with Gasteiger partial charge in [-0.3, -0.25) is 4.79 Å². The zero-order valence-electron chi connectivity index (χ0n) is 16.2. The Morgan fingerprint density at radius 2 is 1.83 bits per heavy atom. The molecule has 0 aliphatic carbocycles. The lowest BCUT2D eigenvalue weighted by atomic mass is 10.1. The van der Waals surface area contributed by atoms with E-state index >= 15 is 0 Å². The first kappa shape index (κ1) is 19.9. The van der Waals surface area contributed by atoms with Crippen LogP contribution in [0.4, 0.5) is 9.52 Å². The van der Waals surface area contributed by atoms with E-state index in [-0.39, 0.29) is 11.7 Å². The number of fused-ring (bicyclic) bond motifs is 1. The second-order valence-electron chi connectivity index (χ2n) is 7.43. The number of hydrogen-bond donors (Lipinski definition) is 0. The Morgan fingerprint density at radius 3 is 2.48 bits per heavy atom. The van der Waals surface area contributed by atoms with Crippen LogP contribution >= 0.6 is 22.9 Å². The van der Waals surface area contributed by atoms with E-state index in [2.05, 4.69) is 9.88 Å². The number of thiazole rings is 1. The molecule has 5 nitrogen and oxygen atoms in total. The summed E-state index contributed by atoms with van der Waals surface area (Å²) in [5, 5.41) is 1.40. The van der Waals surface area contributed by atoms with E-state index < -0.39 is 5.60 Å². The molecule has 2 heterocycles. The third-order valence-electron chi connectivity index (χ3n) is 4.90. The molecule has 0 spiro atoms. The van der Waals surface area contributed by atoms with E-state index in [1.165, 1.54) is 17.4 Å². The first-order chi connectivity index (χ1) is 13.8. The molecule has 1 aliphatic heterocycles. The molecule has 0 atom stereocenters. The molecular formula is C21H21ClFN3O2S. The summed E-state index contributed by atoms with van der Waals surface area (Å²) in [6, 6.07) is 12.0. The first-order valence-electron chi connectivity index (χ1n) is 9.37. The van der Waals surface area contributed by atoms with Crippen LogP contribution in [0.25, 0.3) is 10.2 Å². The molecule has 2 aromatic carbocycles. The molecule has 8 heteroatoms. The first-order valence-corrected chi connectivity index (χ1v) is 10.6. The van der Waals surface area contributed by atoms with Gasteiger partial charge in [0.25, 0.3) is 5.91 Å². The molecule has 1 saturated heterocycles. The van der Waals surface area contributed by atoms with Gasteiger partial charge < -0.3 is 14.5 Å². The van der Waals surface area contributed by atoms with Crippen molar-refractivity contribution in [1.29, 1.82) is 0 Å². The number of carbonyl (C=O) groups is 1. The van der Waals surface area contributed by atoms with Gasteiger partial charge in [0, 0.05) is 31.2 Å². The fraction of sp³-hybridized carbons (Fsp3) is 0.333. The maximum Gasteiger partial charge on any atom is 0.266 e. The summed E-state index contributed by atoms with van der Waals surface area (Å²) in [4.78, 5) is 21.4. The Labute approximate surface area is 177 Å². The predicted octanol–water partition coefficient (Wildman–Crippen LogP) is 4.60. The van der Waals surface area contributed by atoms with Crippen molar-refractivity contribution in [2.24, 2.45) is 0 Å². The summed E-state index contributed by atoms with van der Waals surface area (Å²) >= 11 is 7.38. The molecule has 0 unspecified atom stereocenters. The minimum Gasteiger partial charge on any atom is -0.478 e. The van der Waals surface area contributed by atoms with E-state index in [0.29, 0.717) is 42.5 Å². The molecule has 4 rings (SSSR count). The zero-order chi connectivity index (χ0) is 20.6. The van der Waals surface area contributed by atoms with Crippen LogP contribution in [-0.4, -0.2) is 47.6 Å². The number of aromatic nitrogens is 1. The number of ether oxygens (including phenoxy) is 1. The van der Waals surface area contributed by atoms with E-state index in [9.17, 15) is 9.18 Å². The third kappa shape index (κ3) is 4.16. The summed E-state index contributed by atoms with van der Waals surface area (Å²) in [7, 11) is 0. The Hall–Kier alpha value is -2.38. The summed E-state index contributed by atoms with van der Waals surface area (Å²) in [6.07, 6.45) is 0. The highest BCUT2D eigenvalue weighted by Crippen LogP contribution is 2.31. The van der Waals surface area contributed by atoms with Crippen molar-refractivity contribution < 1.29 is 13.9 Å². The molecule has 1 aromatic heterocycles. The van der Waals surface area contributed by atoms with Crippen LogP contribution in [0.3, 0.4) is 0 Å². The standard InChI is InChI=1S/C21H21ClFN3O2S/c1-21(2,28-15-8-6-14(22)7-9-15)19(27)25-10-12-26(13-11-25)20-24-18-16(23)4-3-5-17(18)29-20/h3-9H,10-13H2,1-2H3. The average molecular weight is 434 g/mol. The van der Waals surface area contributed by atoms with Crippen LogP contribution in [-0.2, 0) is 4.79 Å². The molecule has 3 aromatic rings. The predicted molar refractivity (Wildman–Crippen MR) is 115 cm³/mol. The Morgan fingerprint density at radius 1 is 1.14 bits per heavy atom. The third-order valence-corrected chi connectivity index (χ3v) is 6.23. The van der Waals surface area contributed by atoms with Gasteiger partial charge in [0.2, 0.25) is 0 Å². The summed E-state index contributed by atoms with van der Waals surface area (Å²) in [5.74, 6) is 0.227. The minimum atomic E-state index is -0.991. The van der Waals surface area contributed by atoms with E-state index in [0.717, 1.165) is 9.83 Å². The number of benzene rings is 2. The lowest BCUT2D eigenvalue weighted by Gasteiger charge is -2.38. The molecule has 1 amide bonds. The van der Waals surface area contributed by atoms with Crippen molar-refractivity contribution in [3.05, 3.63) is 53.3 Å². The van der Waals surface area contributed by atoms with Crippen LogP contribution in [0, 0.1) is 5.82 Å². The Balaban J connectivity index is 1.40. The van der Waals surface area contributed by atoms with Crippen molar-refractivity contribution in [2.45, 2.75) is 19.4 Å². The number of piperazine rings is 1. The normalized spacial score (nSPS) is 15.0. The highest BCUT2D eigenvalue weighted by molar-refractivity contribution is 7.22. The lowest BCUT2D eigenvalue weighted by molar-refractivity contribution is -0.145. The largest absolute Gasteiger partial charge is 0.478 e. The number of carbonyl (C=O) groups excluding carboxylic acids is 1. The average Bonchev–Trinajstić information content (AvgIpc) is 3.15. The van der Waals surface area contributed by atoms with Gasteiger partial charge in [-0.2, -0.15) is 0 Å². The van der Waals surface area contributed by atoms with Gasteiger partial charge in [0.15, 0.2) is 10.7 Å². The second-order valence-corrected chi connectivity index (χ2v) is 8.87. The van der Waals surface area contributed by atoms with Crippen molar-refractivity contribution >= 4 is 44.2 Å². The maximum atomic E-state index is 13.9. The van der Waals surface area contributed by atoms with E-state index in [1.54, 1.807) is 49.1 Å². The van der Waals surface area contributed by atoms with Crippen LogP contribution in [0.5, 0.6) is 5.75 Å². The number of halogens is 2. The van der Waals surface area contributed by atoms with Crippen molar-refractivity contribution in [3.8, 4) is 5.75 Å². The quantitative estimate of drug-likeness (QED) is 0.603. The topological polar surface area (TPSA) is 45.7 Å². The van der Waals surface area contributed by atoms with Gasteiger partial charge in [-0.05, 0) is 50.2 Å². The van der Waals surface area contributed by atoms with Crippen LogP contribution in [0.15, 0.2) is 42.5 Å². The smallest absolute Gasteiger partial charge is 0.266 e. The van der Waals surface area contributed by atoms with Crippen LogP contribution in [0.1, 0.15) is 13.8 Å².